The van der Waals surface area contributed by atoms with Crippen LogP contribution in [0.2, 0.25) is 0 Å². The molecule has 0 saturated heterocycles. The molecule has 0 radical (unpaired) electrons. The fourth-order valence-electron chi connectivity index (χ4n) is 2.21. The zero-order valence-corrected chi connectivity index (χ0v) is 10.5. The van der Waals surface area contributed by atoms with E-state index in [1.165, 1.54) is 0 Å². The Balaban J connectivity index is 2.15. The van der Waals surface area contributed by atoms with Crippen molar-refractivity contribution in [2.45, 2.75) is 13.3 Å². The summed E-state index contributed by atoms with van der Waals surface area (Å²) in [7, 11) is 0. The number of aromatic nitrogens is 3. The number of hydrogen-bond donors (Lipinski definition) is 3. The molecule has 3 aromatic rings. The van der Waals surface area contributed by atoms with Gasteiger partial charge in [0.15, 0.2) is 11.5 Å². The first kappa shape index (κ1) is 11.7. The van der Waals surface area contributed by atoms with Gasteiger partial charge in [-0.15, -0.1) is 0 Å². The van der Waals surface area contributed by atoms with E-state index >= 15 is 0 Å². The molecule has 98 valence electrons. The molecular weight excluding hydrogens is 244 g/mol. The van der Waals surface area contributed by atoms with Gasteiger partial charge >= 0.3 is 0 Å². The molecule has 0 fully saturated rings. The van der Waals surface area contributed by atoms with Crippen LogP contribution in [0.25, 0.3) is 22.4 Å². The minimum Gasteiger partial charge on any atom is -0.441 e. The van der Waals surface area contributed by atoms with E-state index in [2.05, 4.69) is 15.2 Å². The Morgan fingerprint density at radius 1 is 1.37 bits per heavy atom. The molecule has 0 atom stereocenters. The molecule has 1 aromatic carbocycles. The first-order valence-electron chi connectivity index (χ1n) is 6.06. The molecule has 19 heavy (non-hydrogen) atoms. The van der Waals surface area contributed by atoms with Crippen molar-refractivity contribution in [2.24, 2.45) is 5.73 Å². The van der Waals surface area contributed by atoms with Gasteiger partial charge in [-0.25, -0.2) is 4.98 Å². The fourth-order valence-corrected chi connectivity index (χ4v) is 2.21. The summed E-state index contributed by atoms with van der Waals surface area (Å²) in [5.74, 6) is 0.622. The molecule has 2 heterocycles. The maximum Gasteiger partial charge on any atom is 0.267 e. The summed E-state index contributed by atoms with van der Waals surface area (Å²) in [6.07, 6.45) is 0.532. The maximum absolute atomic E-state index is 11.7. The highest BCUT2D eigenvalue weighted by molar-refractivity contribution is 5.80. The van der Waals surface area contributed by atoms with Gasteiger partial charge in [-0.05, 0) is 31.2 Å². The van der Waals surface area contributed by atoms with E-state index in [-0.39, 0.29) is 5.56 Å². The average Bonchev–Trinajstić information content (AvgIpc) is 2.92. The molecule has 0 bridgehead atoms. The summed E-state index contributed by atoms with van der Waals surface area (Å²) in [5.41, 5.74) is 9.24. The van der Waals surface area contributed by atoms with Crippen LogP contribution in [0, 0.1) is 6.92 Å². The summed E-state index contributed by atoms with van der Waals surface area (Å²) in [6, 6.07) is 5.64. The first-order chi connectivity index (χ1) is 9.19. The lowest BCUT2D eigenvalue weighted by Gasteiger charge is -2.01. The third-order valence-corrected chi connectivity index (χ3v) is 3.05. The van der Waals surface area contributed by atoms with Crippen molar-refractivity contribution in [1.82, 2.24) is 15.2 Å². The number of fused-ring (bicyclic) bond motifs is 1. The van der Waals surface area contributed by atoms with E-state index < -0.39 is 0 Å². The number of aryl methyl sites for hydroxylation is 1. The van der Waals surface area contributed by atoms with Gasteiger partial charge in [0.05, 0.1) is 5.69 Å². The second-order valence-electron chi connectivity index (χ2n) is 4.39. The van der Waals surface area contributed by atoms with Crippen molar-refractivity contribution < 1.29 is 4.42 Å². The second kappa shape index (κ2) is 4.40. The Bertz CT molecular complexity index is 781. The van der Waals surface area contributed by atoms with Gasteiger partial charge in [0.25, 0.3) is 5.56 Å². The lowest BCUT2D eigenvalue weighted by atomic mass is 10.1. The minimum atomic E-state index is -0.128. The van der Waals surface area contributed by atoms with Crippen LogP contribution in [0.1, 0.15) is 11.5 Å². The number of benzene rings is 1. The van der Waals surface area contributed by atoms with E-state index in [0.717, 1.165) is 22.4 Å². The van der Waals surface area contributed by atoms with Crippen molar-refractivity contribution >= 4 is 11.1 Å². The molecular formula is C13H14N4O2. The number of rotatable bonds is 3. The van der Waals surface area contributed by atoms with E-state index in [9.17, 15) is 4.79 Å². The summed E-state index contributed by atoms with van der Waals surface area (Å²) in [4.78, 5) is 16.0. The normalized spacial score (nSPS) is 11.3. The summed E-state index contributed by atoms with van der Waals surface area (Å²) in [5, 5.41) is 5.49. The molecule has 0 unspecified atom stereocenters. The highest BCUT2D eigenvalue weighted by Gasteiger charge is 2.12. The number of aromatic amines is 2. The number of nitrogens with zero attached hydrogens (tertiary/aromatic N) is 1. The van der Waals surface area contributed by atoms with Crippen LogP contribution < -0.4 is 11.3 Å². The Morgan fingerprint density at radius 3 is 3.00 bits per heavy atom. The molecule has 4 N–H and O–H groups in total. The number of hydrogen-bond acceptors (Lipinski definition) is 4. The quantitative estimate of drug-likeness (QED) is 0.659. The van der Waals surface area contributed by atoms with Gasteiger partial charge in [0, 0.05) is 18.1 Å². The predicted octanol–water partition coefficient (Wildman–Crippen LogP) is 1.32. The number of H-pyrrole nitrogens is 2. The molecule has 0 aliphatic carbocycles. The highest BCUT2D eigenvalue weighted by Crippen LogP contribution is 2.24. The molecule has 0 amide bonds. The monoisotopic (exact) mass is 258 g/mol. The highest BCUT2D eigenvalue weighted by atomic mass is 16.3. The van der Waals surface area contributed by atoms with Crippen LogP contribution >= 0.6 is 0 Å². The largest absolute Gasteiger partial charge is 0.441 e. The Labute approximate surface area is 108 Å². The third-order valence-electron chi connectivity index (χ3n) is 3.05. The van der Waals surface area contributed by atoms with E-state index in [0.29, 0.717) is 24.4 Å². The van der Waals surface area contributed by atoms with Crippen LogP contribution in [-0.2, 0) is 6.42 Å². The van der Waals surface area contributed by atoms with Crippen molar-refractivity contribution in [2.75, 3.05) is 6.54 Å². The molecule has 0 saturated carbocycles. The van der Waals surface area contributed by atoms with Gasteiger partial charge in [-0.2, -0.15) is 0 Å². The van der Waals surface area contributed by atoms with Crippen molar-refractivity contribution in [1.29, 1.82) is 0 Å². The molecule has 0 aliphatic heterocycles. The molecule has 3 rings (SSSR count). The molecule has 2 aromatic heterocycles. The van der Waals surface area contributed by atoms with Gasteiger partial charge in [0.1, 0.15) is 5.52 Å². The Kier molecular flexibility index (Phi) is 2.72. The van der Waals surface area contributed by atoms with Gasteiger partial charge < -0.3 is 10.2 Å². The first-order valence-corrected chi connectivity index (χ1v) is 6.06. The Morgan fingerprint density at radius 2 is 2.21 bits per heavy atom. The maximum atomic E-state index is 11.7. The molecule has 6 nitrogen and oxygen atoms in total. The zero-order valence-electron chi connectivity index (χ0n) is 10.5. The zero-order chi connectivity index (χ0) is 13.4. The van der Waals surface area contributed by atoms with Crippen molar-refractivity contribution in [3.63, 3.8) is 0 Å². The predicted molar refractivity (Wildman–Crippen MR) is 71.9 cm³/mol. The second-order valence-corrected chi connectivity index (χ2v) is 4.39. The molecule has 0 spiro atoms. The van der Waals surface area contributed by atoms with Crippen LogP contribution in [0.4, 0.5) is 0 Å². The van der Waals surface area contributed by atoms with Crippen LogP contribution in [0.3, 0.4) is 0 Å². The number of nitrogens with one attached hydrogen (secondary N) is 2. The number of nitrogens with two attached hydrogens (primary N) is 1. The Hall–Kier alpha value is -2.34. The summed E-state index contributed by atoms with van der Waals surface area (Å²) < 4.78 is 5.43. The summed E-state index contributed by atoms with van der Waals surface area (Å²) in [6.45, 7) is 2.23. The fraction of sp³-hybridized carbons (Fsp3) is 0.231. The topological polar surface area (TPSA) is 101 Å². The standard InChI is InChI=1S/C13H14N4O2/c1-7-15-10-6-8(2-3-11(10)19-7)12-9(4-5-14)13(18)17-16-12/h2-3,6H,4-5,14H2,1H3,(H2,16,17,18). The van der Waals surface area contributed by atoms with Gasteiger partial charge in [0.2, 0.25) is 0 Å². The third kappa shape index (κ3) is 1.96. The van der Waals surface area contributed by atoms with Crippen LogP contribution in [0.5, 0.6) is 0 Å². The van der Waals surface area contributed by atoms with E-state index in [1.54, 1.807) is 6.92 Å². The lowest BCUT2D eigenvalue weighted by molar-refractivity contribution is 0.561. The molecule has 0 aliphatic rings. The van der Waals surface area contributed by atoms with E-state index in [4.69, 9.17) is 10.2 Å². The lowest BCUT2D eigenvalue weighted by Crippen LogP contribution is -2.12. The van der Waals surface area contributed by atoms with Crippen LogP contribution in [0.15, 0.2) is 27.4 Å². The SMILES string of the molecule is Cc1nc2cc(-c3[nH][nH]c(=O)c3CCN)ccc2o1. The van der Waals surface area contributed by atoms with Gasteiger partial charge in [-0.1, -0.05) is 0 Å². The van der Waals surface area contributed by atoms with Crippen molar-refractivity contribution in [3.8, 4) is 11.3 Å². The molecule has 6 heteroatoms. The summed E-state index contributed by atoms with van der Waals surface area (Å²) >= 11 is 0. The average molecular weight is 258 g/mol. The van der Waals surface area contributed by atoms with Crippen LogP contribution in [-0.4, -0.2) is 21.7 Å². The van der Waals surface area contributed by atoms with E-state index in [1.807, 2.05) is 18.2 Å². The smallest absolute Gasteiger partial charge is 0.267 e. The number of oxazole rings is 1. The van der Waals surface area contributed by atoms with Gasteiger partial charge in [-0.3, -0.25) is 15.0 Å². The minimum absolute atomic E-state index is 0.128. The van der Waals surface area contributed by atoms with Crippen molar-refractivity contribution in [3.05, 3.63) is 40.0 Å².